The van der Waals surface area contributed by atoms with Crippen LogP contribution in [0.4, 0.5) is 0 Å². The van der Waals surface area contributed by atoms with Gasteiger partial charge in [0.25, 0.3) is 0 Å². The molecule has 21 heavy (non-hydrogen) atoms. The summed E-state index contributed by atoms with van der Waals surface area (Å²) in [6.45, 7) is 4.55. The summed E-state index contributed by atoms with van der Waals surface area (Å²) in [6.07, 6.45) is 1.74. The van der Waals surface area contributed by atoms with Crippen molar-refractivity contribution in [3.05, 3.63) is 36.2 Å². The Morgan fingerprint density at radius 1 is 1.14 bits per heavy atom. The first kappa shape index (κ1) is 13.5. The molecule has 0 bridgehead atoms. The summed E-state index contributed by atoms with van der Waals surface area (Å²) in [5, 5.41) is 5.07. The van der Waals surface area contributed by atoms with Gasteiger partial charge >= 0.3 is 0 Å². The number of aromatic nitrogens is 3. The molecule has 108 valence electrons. The number of ether oxygens (including phenoxy) is 1. The fourth-order valence-electron chi connectivity index (χ4n) is 2.18. The summed E-state index contributed by atoms with van der Waals surface area (Å²) < 4.78 is 10.9. The Morgan fingerprint density at radius 3 is 2.81 bits per heavy atom. The summed E-state index contributed by atoms with van der Waals surface area (Å²) in [5.74, 6) is 1.71. The lowest BCUT2D eigenvalue weighted by molar-refractivity contribution is 0.329. The van der Waals surface area contributed by atoms with Crippen LogP contribution >= 0.6 is 0 Å². The highest BCUT2D eigenvalue weighted by Gasteiger charge is 2.16. The van der Waals surface area contributed by atoms with Gasteiger partial charge < -0.3 is 9.26 Å². The smallest absolute Gasteiger partial charge is 0.226 e. The molecule has 5 nitrogen and oxygen atoms in total. The Balaban J connectivity index is 2.11. The van der Waals surface area contributed by atoms with Crippen molar-refractivity contribution in [1.82, 2.24) is 15.1 Å². The van der Waals surface area contributed by atoms with Crippen molar-refractivity contribution in [2.24, 2.45) is 0 Å². The van der Waals surface area contributed by atoms with Crippen LogP contribution in [0.2, 0.25) is 0 Å². The summed E-state index contributed by atoms with van der Waals surface area (Å²) in [7, 11) is 0. The largest absolute Gasteiger partial charge is 0.477 e. The van der Waals surface area contributed by atoms with E-state index < -0.39 is 0 Å². The molecular formula is C16H17N3O2. The predicted octanol–water partition coefficient (Wildman–Crippen LogP) is 3.64. The molecular weight excluding hydrogens is 266 g/mol. The predicted molar refractivity (Wildman–Crippen MR) is 80.2 cm³/mol. The fraction of sp³-hybridized carbons (Fsp3) is 0.312. The van der Waals surface area contributed by atoms with Gasteiger partial charge in [0.05, 0.1) is 17.7 Å². The highest BCUT2D eigenvalue weighted by molar-refractivity contribution is 5.84. The lowest BCUT2D eigenvalue weighted by Crippen LogP contribution is -1.98. The molecule has 0 N–H and O–H groups in total. The zero-order valence-corrected chi connectivity index (χ0v) is 12.2. The monoisotopic (exact) mass is 283 g/mol. The van der Waals surface area contributed by atoms with Crippen molar-refractivity contribution >= 4 is 10.9 Å². The molecule has 2 heterocycles. The number of pyridine rings is 1. The maximum absolute atomic E-state index is 5.64. The van der Waals surface area contributed by atoms with Crippen LogP contribution in [0.15, 0.2) is 34.9 Å². The van der Waals surface area contributed by atoms with E-state index in [0.717, 1.165) is 29.3 Å². The molecule has 3 rings (SSSR count). The second kappa shape index (κ2) is 5.91. The second-order valence-corrected chi connectivity index (χ2v) is 4.73. The number of aryl methyl sites for hydroxylation is 1. The van der Waals surface area contributed by atoms with Gasteiger partial charge in [-0.3, -0.25) is 0 Å². The van der Waals surface area contributed by atoms with E-state index >= 15 is 0 Å². The van der Waals surface area contributed by atoms with Crippen LogP contribution in [-0.4, -0.2) is 21.7 Å². The van der Waals surface area contributed by atoms with E-state index in [-0.39, 0.29) is 0 Å². The van der Waals surface area contributed by atoms with Gasteiger partial charge in [-0.25, -0.2) is 4.98 Å². The number of hydrogen-bond donors (Lipinski definition) is 0. The van der Waals surface area contributed by atoms with Crippen LogP contribution in [-0.2, 0) is 6.42 Å². The van der Waals surface area contributed by atoms with Crippen LogP contribution in [0.25, 0.3) is 22.3 Å². The molecule has 3 aromatic rings. The number of fused-ring (bicyclic) bond motifs is 1. The van der Waals surface area contributed by atoms with E-state index in [1.165, 1.54) is 0 Å². The molecule has 5 heteroatoms. The van der Waals surface area contributed by atoms with E-state index in [1.54, 1.807) is 0 Å². The Kier molecular flexibility index (Phi) is 3.81. The molecule has 0 fully saturated rings. The minimum atomic E-state index is 0.528. The lowest BCUT2D eigenvalue weighted by atomic mass is 10.1. The molecule has 0 amide bonds. The zero-order valence-electron chi connectivity index (χ0n) is 12.2. The zero-order chi connectivity index (χ0) is 14.7. The van der Waals surface area contributed by atoms with Crippen molar-refractivity contribution < 1.29 is 9.26 Å². The van der Waals surface area contributed by atoms with E-state index in [1.807, 2.05) is 37.3 Å². The maximum Gasteiger partial charge on any atom is 0.226 e. The molecule has 0 spiro atoms. The number of rotatable bonds is 5. The van der Waals surface area contributed by atoms with Gasteiger partial charge in [-0.05, 0) is 25.5 Å². The van der Waals surface area contributed by atoms with Gasteiger partial charge in [0, 0.05) is 11.8 Å². The Morgan fingerprint density at radius 2 is 2.00 bits per heavy atom. The summed E-state index contributed by atoms with van der Waals surface area (Å²) in [5.41, 5.74) is 1.66. The van der Waals surface area contributed by atoms with Gasteiger partial charge in [-0.2, -0.15) is 4.98 Å². The Hall–Kier alpha value is -2.43. The van der Waals surface area contributed by atoms with E-state index in [9.17, 15) is 0 Å². The van der Waals surface area contributed by atoms with E-state index in [2.05, 4.69) is 22.0 Å². The number of benzene rings is 1. The molecule has 0 radical (unpaired) electrons. The van der Waals surface area contributed by atoms with Crippen molar-refractivity contribution in [2.45, 2.75) is 26.7 Å². The van der Waals surface area contributed by atoms with Crippen molar-refractivity contribution in [2.75, 3.05) is 6.61 Å². The highest BCUT2D eigenvalue weighted by atomic mass is 16.5. The van der Waals surface area contributed by atoms with Crippen molar-refractivity contribution in [3.8, 4) is 17.3 Å². The number of nitrogens with zero attached hydrogens (tertiary/aromatic N) is 3. The topological polar surface area (TPSA) is 61.0 Å². The fourth-order valence-corrected chi connectivity index (χ4v) is 2.18. The highest BCUT2D eigenvalue weighted by Crippen LogP contribution is 2.30. The van der Waals surface area contributed by atoms with Gasteiger partial charge in [0.15, 0.2) is 0 Å². The van der Waals surface area contributed by atoms with Gasteiger partial charge in [0.2, 0.25) is 17.6 Å². The van der Waals surface area contributed by atoms with E-state index in [4.69, 9.17) is 9.26 Å². The van der Waals surface area contributed by atoms with Gasteiger partial charge in [-0.1, -0.05) is 30.3 Å². The average molecular weight is 283 g/mol. The summed E-state index contributed by atoms with van der Waals surface area (Å²) in [6, 6.07) is 9.90. The van der Waals surface area contributed by atoms with Crippen LogP contribution < -0.4 is 4.74 Å². The molecule has 0 atom stereocenters. The normalized spacial score (nSPS) is 11.0. The van der Waals surface area contributed by atoms with E-state index in [0.29, 0.717) is 24.2 Å². The molecule has 0 aliphatic carbocycles. The minimum Gasteiger partial charge on any atom is -0.477 e. The van der Waals surface area contributed by atoms with Crippen molar-refractivity contribution in [1.29, 1.82) is 0 Å². The molecule has 0 unspecified atom stereocenters. The SMILES string of the molecule is CCCc1nc(-c2cc3ccccc3nc2OCC)no1. The number of hydrogen-bond acceptors (Lipinski definition) is 5. The third-order valence-corrected chi connectivity index (χ3v) is 3.14. The summed E-state index contributed by atoms with van der Waals surface area (Å²) >= 11 is 0. The first-order valence-electron chi connectivity index (χ1n) is 7.17. The lowest BCUT2D eigenvalue weighted by Gasteiger charge is -2.08. The van der Waals surface area contributed by atoms with Gasteiger partial charge in [0.1, 0.15) is 0 Å². The molecule has 0 saturated heterocycles. The standard InChI is InChI=1S/C16H17N3O2/c1-3-7-14-18-15(19-21-14)12-10-11-8-5-6-9-13(11)17-16(12)20-4-2/h5-6,8-10H,3-4,7H2,1-2H3. The van der Waals surface area contributed by atoms with Crippen LogP contribution in [0.3, 0.4) is 0 Å². The third kappa shape index (κ3) is 2.72. The van der Waals surface area contributed by atoms with Gasteiger partial charge in [-0.15, -0.1) is 0 Å². The third-order valence-electron chi connectivity index (χ3n) is 3.14. The minimum absolute atomic E-state index is 0.528. The molecule has 2 aromatic heterocycles. The average Bonchev–Trinajstić information content (AvgIpc) is 2.96. The first-order valence-corrected chi connectivity index (χ1v) is 7.17. The van der Waals surface area contributed by atoms with Crippen LogP contribution in [0, 0.1) is 0 Å². The maximum atomic E-state index is 5.64. The van der Waals surface area contributed by atoms with Crippen LogP contribution in [0.1, 0.15) is 26.2 Å². The molecule has 0 aliphatic rings. The Bertz CT molecular complexity index is 752. The molecule has 1 aromatic carbocycles. The Labute approximate surface area is 123 Å². The molecule has 0 saturated carbocycles. The van der Waals surface area contributed by atoms with Crippen molar-refractivity contribution in [3.63, 3.8) is 0 Å². The second-order valence-electron chi connectivity index (χ2n) is 4.73. The summed E-state index contributed by atoms with van der Waals surface area (Å²) in [4.78, 5) is 8.97. The van der Waals surface area contributed by atoms with Crippen LogP contribution in [0.5, 0.6) is 5.88 Å². The number of para-hydroxylation sites is 1. The first-order chi connectivity index (χ1) is 10.3. The quantitative estimate of drug-likeness (QED) is 0.715. The molecule has 0 aliphatic heterocycles.